The van der Waals surface area contributed by atoms with E-state index in [0.717, 1.165) is 18.7 Å². The lowest BCUT2D eigenvalue weighted by Crippen LogP contribution is -2.31. The third-order valence-corrected chi connectivity index (χ3v) is 4.54. The third kappa shape index (κ3) is 4.45. The van der Waals surface area contributed by atoms with Gasteiger partial charge in [-0.15, -0.1) is 0 Å². The zero-order chi connectivity index (χ0) is 16.6. The van der Waals surface area contributed by atoms with Crippen molar-refractivity contribution in [3.8, 4) is 5.69 Å². The van der Waals surface area contributed by atoms with Crippen LogP contribution in [0.3, 0.4) is 0 Å². The van der Waals surface area contributed by atoms with Crippen LogP contribution in [0.5, 0.6) is 0 Å². The van der Waals surface area contributed by atoms with Gasteiger partial charge >= 0.3 is 0 Å². The second-order valence-corrected chi connectivity index (χ2v) is 6.33. The predicted molar refractivity (Wildman–Crippen MR) is 95.4 cm³/mol. The first kappa shape index (κ1) is 16.7. The number of hydrogen-bond acceptors (Lipinski definition) is 3. The summed E-state index contributed by atoms with van der Waals surface area (Å²) in [4.78, 5) is 15.0. The Morgan fingerprint density at radius 1 is 1.08 bits per heavy atom. The number of nitrogens with one attached hydrogen (secondary N) is 1. The zero-order valence-corrected chi connectivity index (χ0v) is 14.2. The molecule has 0 saturated carbocycles. The van der Waals surface area contributed by atoms with Crippen LogP contribution in [0.4, 0.5) is 0 Å². The summed E-state index contributed by atoms with van der Waals surface area (Å²) in [5, 5.41) is 7.28. The van der Waals surface area contributed by atoms with E-state index in [9.17, 15) is 4.79 Å². The Morgan fingerprint density at radius 2 is 1.88 bits per heavy atom. The molecule has 5 heteroatoms. The van der Waals surface area contributed by atoms with Crippen molar-refractivity contribution in [2.45, 2.75) is 32.1 Å². The molecule has 3 rings (SSSR count). The van der Waals surface area contributed by atoms with Gasteiger partial charge in [-0.05, 0) is 57.1 Å². The number of nitrogens with zero attached hydrogens (tertiary/aromatic N) is 3. The van der Waals surface area contributed by atoms with E-state index in [1.807, 2.05) is 36.5 Å². The van der Waals surface area contributed by atoms with Gasteiger partial charge in [0.05, 0.1) is 11.3 Å². The molecule has 5 nitrogen and oxygen atoms in total. The molecule has 1 aromatic heterocycles. The number of likely N-dealkylation sites (tertiary alicyclic amines) is 1. The van der Waals surface area contributed by atoms with Crippen LogP contribution in [0.2, 0.25) is 0 Å². The lowest BCUT2D eigenvalue weighted by molar-refractivity contribution is 0.0951. The van der Waals surface area contributed by atoms with Crippen molar-refractivity contribution in [1.29, 1.82) is 0 Å². The van der Waals surface area contributed by atoms with E-state index >= 15 is 0 Å². The summed E-state index contributed by atoms with van der Waals surface area (Å²) in [6, 6.07) is 9.43. The summed E-state index contributed by atoms with van der Waals surface area (Å²) in [5.74, 6) is -0.0306. The fraction of sp³-hybridized carbons (Fsp3) is 0.474. The fourth-order valence-electron chi connectivity index (χ4n) is 3.24. The van der Waals surface area contributed by atoms with E-state index < -0.39 is 0 Å². The van der Waals surface area contributed by atoms with Crippen LogP contribution < -0.4 is 5.32 Å². The highest BCUT2D eigenvalue weighted by atomic mass is 16.1. The lowest BCUT2D eigenvalue weighted by Gasteiger charge is -2.19. The van der Waals surface area contributed by atoms with Crippen molar-refractivity contribution >= 4 is 5.91 Å². The number of carbonyl (C=O) groups excluding carboxylic acids is 1. The van der Waals surface area contributed by atoms with Crippen LogP contribution in [-0.2, 0) is 0 Å². The average molecular weight is 326 g/mol. The smallest absolute Gasteiger partial charge is 0.253 e. The maximum Gasteiger partial charge on any atom is 0.253 e. The van der Waals surface area contributed by atoms with Gasteiger partial charge in [0.15, 0.2) is 0 Å². The molecule has 1 amide bonds. The first-order chi connectivity index (χ1) is 11.8. The molecule has 0 radical (unpaired) electrons. The molecule has 1 aliphatic rings. The molecule has 1 aromatic carbocycles. The number of benzene rings is 1. The molecule has 2 aromatic rings. The number of carbonyl (C=O) groups is 1. The summed E-state index contributed by atoms with van der Waals surface area (Å²) in [6.45, 7) is 4.19. The molecule has 0 atom stereocenters. The van der Waals surface area contributed by atoms with Gasteiger partial charge in [0.1, 0.15) is 0 Å². The zero-order valence-electron chi connectivity index (χ0n) is 14.2. The van der Waals surface area contributed by atoms with Crippen LogP contribution in [-0.4, -0.2) is 46.8 Å². The molecule has 24 heavy (non-hydrogen) atoms. The Morgan fingerprint density at radius 3 is 2.62 bits per heavy atom. The molecule has 1 N–H and O–H groups in total. The standard InChI is InChI=1S/C19H26N4O/c24-19(20-11-7-15-22-13-5-1-2-6-14-22)17-9-3-4-10-18(17)23-16-8-12-21-23/h3-4,8-10,12,16H,1-2,5-7,11,13-15H2,(H,20,24). The van der Waals surface area contributed by atoms with Crippen LogP contribution in [0.1, 0.15) is 42.5 Å². The summed E-state index contributed by atoms with van der Waals surface area (Å²) < 4.78 is 1.73. The number of para-hydroxylation sites is 1. The normalized spacial score (nSPS) is 15.8. The quantitative estimate of drug-likeness (QED) is 0.831. The minimum atomic E-state index is -0.0306. The molecule has 0 bridgehead atoms. The van der Waals surface area contributed by atoms with Crippen molar-refractivity contribution < 1.29 is 4.79 Å². The highest BCUT2D eigenvalue weighted by Crippen LogP contribution is 2.13. The number of hydrogen-bond donors (Lipinski definition) is 1. The Kier molecular flexibility index (Phi) is 6.01. The molecule has 1 aliphatic heterocycles. The molecular formula is C19H26N4O. The number of amides is 1. The molecule has 1 fully saturated rings. The van der Waals surface area contributed by atoms with Crippen molar-refractivity contribution in [3.05, 3.63) is 48.3 Å². The Bertz CT molecular complexity index is 631. The lowest BCUT2D eigenvalue weighted by atomic mass is 10.1. The second-order valence-electron chi connectivity index (χ2n) is 6.33. The monoisotopic (exact) mass is 326 g/mol. The van der Waals surface area contributed by atoms with E-state index in [-0.39, 0.29) is 5.91 Å². The van der Waals surface area contributed by atoms with Gasteiger partial charge in [0, 0.05) is 18.9 Å². The predicted octanol–water partition coefficient (Wildman–Crippen LogP) is 2.87. The van der Waals surface area contributed by atoms with Crippen LogP contribution >= 0.6 is 0 Å². The topological polar surface area (TPSA) is 50.2 Å². The molecule has 0 spiro atoms. The largest absolute Gasteiger partial charge is 0.352 e. The molecular weight excluding hydrogens is 300 g/mol. The van der Waals surface area contributed by atoms with Crippen molar-refractivity contribution in [2.24, 2.45) is 0 Å². The van der Waals surface area contributed by atoms with Crippen LogP contribution in [0.25, 0.3) is 5.69 Å². The summed E-state index contributed by atoms with van der Waals surface area (Å²) in [6.07, 6.45) is 9.90. The van der Waals surface area contributed by atoms with Gasteiger partial charge in [0.25, 0.3) is 5.91 Å². The molecule has 128 valence electrons. The van der Waals surface area contributed by atoms with Gasteiger partial charge in [-0.1, -0.05) is 25.0 Å². The summed E-state index contributed by atoms with van der Waals surface area (Å²) in [5.41, 5.74) is 1.48. The first-order valence-corrected chi connectivity index (χ1v) is 8.94. The van der Waals surface area contributed by atoms with E-state index in [4.69, 9.17) is 0 Å². The van der Waals surface area contributed by atoms with E-state index in [1.165, 1.54) is 38.8 Å². The van der Waals surface area contributed by atoms with Crippen molar-refractivity contribution in [2.75, 3.05) is 26.2 Å². The number of aromatic nitrogens is 2. The SMILES string of the molecule is O=C(NCCCN1CCCCCC1)c1ccccc1-n1cccn1. The van der Waals surface area contributed by atoms with Crippen LogP contribution in [0.15, 0.2) is 42.7 Å². The maximum atomic E-state index is 12.5. The van der Waals surface area contributed by atoms with E-state index in [1.54, 1.807) is 10.9 Å². The Hall–Kier alpha value is -2.14. The average Bonchev–Trinajstić information content (AvgIpc) is 3.03. The Labute approximate surface area is 143 Å². The van der Waals surface area contributed by atoms with E-state index in [2.05, 4.69) is 15.3 Å². The van der Waals surface area contributed by atoms with Gasteiger partial charge in [-0.3, -0.25) is 4.79 Å². The first-order valence-electron chi connectivity index (χ1n) is 8.94. The number of rotatable bonds is 6. The molecule has 0 unspecified atom stereocenters. The van der Waals surface area contributed by atoms with Gasteiger partial charge in [-0.25, -0.2) is 4.68 Å². The van der Waals surface area contributed by atoms with Crippen molar-refractivity contribution in [1.82, 2.24) is 20.0 Å². The summed E-state index contributed by atoms with van der Waals surface area (Å²) in [7, 11) is 0. The van der Waals surface area contributed by atoms with Gasteiger partial charge < -0.3 is 10.2 Å². The van der Waals surface area contributed by atoms with Gasteiger partial charge in [-0.2, -0.15) is 5.10 Å². The van der Waals surface area contributed by atoms with Gasteiger partial charge in [0.2, 0.25) is 0 Å². The Balaban J connectivity index is 1.50. The van der Waals surface area contributed by atoms with Crippen molar-refractivity contribution in [3.63, 3.8) is 0 Å². The molecule has 1 saturated heterocycles. The second kappa shape index (κ2) is 8.64. The highest BCUT2D eigenvalue weighted by Gasteiger charge is 2.12. The molecule has 0 aliphatic carbocycles. The van der Waals surface area contributed by atoms with E-state index in [0.29, 0.717) is 12.1 Å². The summed E-state index contributed by atoms with van der Waals surface area (Å²) >= 11 is 0. The third-order valence-electron chi connectivity index (χ3n) is 4.54. The minimum absolute atomic E-state index is 0.0306. The molecule has 2 heterocycles. The highest BCUT2D eigenvalue weighted by molar-refractivity contribution is 5.97. The van der Waals surface area contributed by atoms with Crippen LogP contribution in [0, 0.1) is 0 Å². The minimum Gasteiger partial charge on any atom is -0.352 e. The maximum absolute atomic E-state index is 12.5. The fourth-order valence-corrected chi connectivity index (χ4v) is 3.24.